The van der Waals surface area contributed by atoms with Gasteiger partial charge in [0, 0.05) is 11.2 Å². The maximum atomic E-state index is 12.3. The van der Waals surface area contributed by atoms with Crippen molar-refractivity contribution in [2.24, 2.45) is 0 Å². The van der Waals surface area contributed by atoms with Gasteiger partial charge in [0.1, 0.15) is 11.4 Å². The molecule has 108 valence electrons. The third-order valence-corrected chi connectivity index (χ3v) is 2.90. The Balaban J connectivity index is 2.13. The quantitative estimate of drug-likeness (QED) is 0.786. The van der Waals surface area contributed by atoms with Gasteiger partial charge in [-0.25, -0.2) is 0 Å². The molecule has 0 fully saturated rings. The van der Waals surface area contributed by atoms with Crippen LogP contribution in [-0.2, 0) is 0 Å². The van der Waals surface area contributed by atoms with E-state index < -0.39 is 5.54 Å². The molecule has 1 aromatic heterocycles. The van der Waals surface area contributed by atoms with Crippen LogP contribution in [0.3, 0.4) is 0 Å². The van der Waals surface area contributed by atoms with Crippen molar-refractivity contribution in [2.45, 2.75) is 25.8 Å². The summed E-state index contributed by atoms with van der Waals surface area (Å²) in [5.74, 6) is 0.244. The molecule has 0 spiro atoms. The number of nitriles is 1. The molecule has 0 aliphatic rings. The van der Waals surface area contributed by atoms with Crippen molar-refractivity contribution in [1.29, 1.82) is 5.26 Å². The van der Waals surface area contributed by atoms with E-state index >= 15 is 0 Å². The van der Waals surface area contributed by atoms with Crippen LogP contribution in [0.15, 0.2) is 36.5 Å². The Morgan fingerprint density at radius 1 is 1.38 bits per heavy atom. The number of nitrogens with zero attached hydrogens (tertiary/aromatic N) is 2. The lowest BCUT2D eigenvalue weighted by atomic mass is 10.0. The average molecular weight is 283 g/mol. The Morgan fingerprint density at radius 3 is 2.76 bits per heavy atom. The molecule has 2 aromatic rings. The summed E-state index contributed by atoms with van der Waals surface area (Å²) in [5, 5.41) is 21.4. The Bertz CT molecular complexity index is 654. The third-order valence-electron chi connectivity index (χ3n) is 2.90. The number of rotatable bonds is 5. The van der Waals surface area contributed by atoms with Crippen molar-refractivity contribution >= 4 is 17.4 Å². The summed E-state index contributed by atoms with van der Waals surface area (Å²) in [6, 6.07) is 11.5. The van der Waals surface area contributed by atoms with Gasteiger partial charge < -0.3 is 10.6 Å². The van der Waals surface area contributed by atoms with E-state index in [9.17, 15) is 4.79 Å². The number of hydrogen-bond acceptors (Lipinski definition) is 4. The number of amides is 1. The van der Waals surface area contributed by atoms with E-state index in [0.717, 1.165) is 5.69 Å². The first-order valence-corrected chi connectivity index (χ1v) is 6.57. The van der Waals surface area contributed by atoms with Crippen LogP contribution >= 0.6 is 0 Å². The highest BCUT2D eigenvalue weighted by Gasteiger charge is 2.23. The number of hydrogen-bond donors (Lipinski definition) is 3. The van der Waals surface area contributed by atoms with Gasteiger partial charge in [-0.15, -0.1) is 0 Å². The molecule has 2 rings (SSSR count). The molecule has 21 heavy (non-hydrogen) atoms. The van der Waals surface area contributed by atoms with Crippen molar-refractivity contribution in [2.75, 3.05) is 5.32 Å². The second-order valence-electron chi connectivity index (χ2n) is 5.32. The average Bonchev–Trinajstić information content (AvgIpc) is 2.87. The molecular weight excluding hydrogens is 266 g/mol. The number of para-hydroxylation sites is 1. The summed E-state index contributed by atoms with van der Waals surface area (Å²) >= 11 is 0. The lowest BCUT2D eigenvalue weighted by Gasteiger charge is -2.23. The van der Waals surface area contributed by atoms with Crippen molar-refractivity contribution in [3.63, 3.8) is 0 Å². The topological polar surface area (TPSA) is 93.6 Å². The number of aromatic nitrogens is 2. The predicted octanol–water partition coefficient (Wildman–Crippen LogP) is 2.58. The van der Waals surface area contributed by atoms with E-state index in [1.54, 1.807) is 13.8 Å². The van der Waals surface area contributed by atoms with Crippen LogP contribution in [-0.4, -0.2) is 21.6 Å². The Morgan fingerprint density at radius 2 is 2.10 bits per heavy atom. The van der Waals surface area contributed by atoms with Crippen LogP contribution < -0.4 is 10.6 Å². The first kappa shape index (κ1) is 14.6. The summed E-state index contributed by atoms with van der Waals surface area (Å²) in [6.45, 7) is 3.61. The van der Waals surface area contributed by atoms with Gasteiger partial charge >= 0.3 is 0 Å². The number of H-pyrrole nitrogens is 1. The lowest BCUT2D eigenvalue weighted by Crippen LogP contribution is -2.43. The zero-order valence-corrected chi connectivity index (χ0v) is 12.0. The molecule has 1 amide bonds. The molecule has 0 saturated carbocycles. The molecule has 3 N–H and O–H groups in total. The monoisotopic (exact) mass is 283 g/mol. The minimum atomic E-state index is -0.590. The fourth-order valence-corrected chi connectivity index (χ4v) is 1.84. The van der Waals surface area contributed by atoms with Crippen molar-refractivity contribution in [3.05, 3.63) is 42.1 Å². The molecular formula is C15H17N5O. The van der Waals surface area contributed by atoms with E-state index in [-0.39, 0.29) is 12.3 Å². The Labute approximate surface area is 123 Å². The largest absolute Gasteiger partial charge is 0.346 e. The second-order valence-corrected chi connectivity index (χ2v) is 5.32. The standard InChI is InChI=1S/C15H17N5O/c1-15(2,8-9-16)19-14(21)12-10-17-20-13(12)18-11-6-4-3-5-7-11/h3-7,10H,8H2,1-2H3,(H,19,21)(H2,17,18,20). The highest BCUT2D eigenvalue weighted by Crippen LogP contribution is 2.19. The fourth-order valence-electron chi connectivity index (χ4n) is 1.84. The lowest BCUT2D eigenvalue weighted by molar-refractivity contribution is 0.0915. The summed E-state index contributed by atoms with van der Waals surface area (Å²) in [7, 11) is 0. The van der Waals surface area contributed by atoms with Gasteiger partial charge in [0.2, 0.25) is 0 Å². The molecule has 1 aromatic carbocycles. The van der Waals surface area contributed by atoms with Crippen molar-refractivity contribution < 1.29 is 4.79 Å². The van der Waals surface area contributed by atoms with Gasteiger partial charge in [0.05, 0.1) is 18.7 Å². The molecule has 1 heterocycles. The van der Waals surface area contributed by atoms with Gasteiger partial charge in [-0.2, -0.15) is 10.4 Å². The number of benzene rings is 1. The summed E-state index contributed by atoms with van der Waals surface area (Å²) in [5.41, 5.74) is 0.671. The molecule has 0 atom stereocenters. The number of nitrogens with one attached hydrogen (secondary N) is 3. The SMILES string of the molecule is CC(C)(CC#N)NC(=O)c1cn[nH]c1Nc1ccccc1. The Hall–Kier alpha value is -2.81. The van der Waals surface area contributed by atoms with Gasteiger partial charge in [0.25, 0.3) is 5.91 Å². The third kappa shape index (κ3) is 3.83. The van der Waals surface area contributed by atoms with E-state index in [0.29, 0.717) is 11.4 Å². The molecule has 0 radical (unpaired) electrons. The minimum absolute atomic E-state index is 0.234. The van der Waals surface area contributed by atoms with Crippen molar-refractivity contribution in [3.8, 4) is 6.07 Å². The molecule has 0 bridgehead atoms. The van der Waals surface area contributed by atoms with Gasteiger partial charge in [-0.1, -0.05) is 18.2 Å². The summed E-state index contributed by atoms with van der Waals surface area (Å²) in [4.78, 5) is 12.3. The predicted molar refractivity (Wildman–Crippen MR) is 80.1 cm³/mol. The molecule has 0 aliphatic carbocycles. The second kappa shape index (κ2) is 6.09. The molecule has 0 saturated heterocycles. The van der Waals surface area contributed by atoms with Gasteiger partial charge in [-0.05, 0) is 26.0 Å². The first-order valence-electron chi connectivity index (χ1n) is 6.57. The Kier molecular flexibility index (Phi) is 4.24. The normalized spacial score (nSPS) is 10.7. The van der Waals surface area contributed by atoms with Crippen LogP contribution in [0, 0.1) is 11.3 Å². The van der Waals surface area contributed by atoms with Crippen LogP contribution in [0.2, 0.25) is 0 Å². The van der Waals surface area contributed by atoms with Gasteiger partial charge in [-0.3, -0.25) is 9.89 Å². The van der Waals surface area contributed by atoms with Crippen molar-refractivity contribution in [1.82, 2.24) is 15.5 Å². The first-order chi connectivity index (χ1) is 10.0. The summed E-state index contributed by atoms with van der Waals surface area (Å²) < 4.78 is 0. The molecule has 0 aliphatic heterocycles. The minimum Gasteiger partial charge on any atom is -0.346 e. The van der Waals surface area contributed by atoms with Crippen LogP contribution in [0.1, 0.15) is 30.6 Å². The van der Waals surface area contributed by atoms with E-state index in [2.05, 4.69) is 26.9 Å². The smallest absolute Gasteiger partial charge is 0.257 e. The van der Waals surface area contributed by atoms with Crippen LogP contribution in [0.4, 0.5) is 11.5 Å². The molecule has 6 nitrogen and oxygen atoms in total. The maximum absolute atomic E-state index is 12.3. The highest BCUT2D eigenvalue weighted by atomic mass is 16.1. The van der Waals surface area contributed by atoms with E-state index in [4.69, 9.17) is 5.26 Å². The zero-order valence-electron chi connectivity index (χ0n) is 12.0. The molecule has 0 unspecified atom stereocenters. The number of anilines is 2. The molecule has 6 heteroatoms. The highest BCUT2D eigenvalue weighted by molar-refractivity contribution is 5.99. The van der Waals surface area contributed by atoms with Crippen LogP contribution in [0.5, 0.6) is 0 Å². The van der Waals surface area contributed by atoms with E-state index in [1.807, 2.05) is 30.3 Å². The van der Waals surface area contributed by atoms with E-state index in [1.165, 1.54) is 6.20 Å². The number of aromatic amines is 1. The van der Waals surface area contributed by atoms with Crippen LogP contribution in [0.25, 0.3) is 0 Å². The summed E-state index contributed by atoms with van der Waals surface area (Å²) in [6.07, 6.45) is 1.70. The zero-order chi connectivity index (χ0) is 15.3. The number of carbonyl (C=O) groups is 1. The van der Waals surface area contributed by atoms with Gasteiger partial charge in [0.15, 0.2) is 0 Å². The fraction of sp³-hybridized carbons (Fsp3) is 0.267. The maximum Gasteiger partial charge on any atom is 0.257 e. The number of carbonyl (C=O) groups excluding carboxylic acids is 1.